The van der Waals surface area contributed by atoms with E-state index in [0.29, 0.717) is 11.0 Å². The van der Waals surface area contributed by atoms with Crippen molar-refractivity contribution >= 4 is 31.8 Å². The number of halogens is 1. The molecule has 8 heteroatoms. The molecule has 0 amide bonds. The van der Waals surface area contributed by atoms with Gasteiger partial charge in [0.25, 0.3) is 0 Å². The summed E-state index contributed by atoms with van der Waals surface area (Å²) in [6.07, 6.45) is 1.47. The van der Waals surface area contributed by atoms with Gasteiger partial charge in [0, 0.05) is 24.3 Å². The highest BCUT2D eigenvalue weighted by atomic mass is 79.9. The van der Waals surface area contributed by atoms with E-state index in [1.807, 2.05) is 0 Å². The van der Waals surface area contributed by atoms with Gasteiger partial charge in [-0.1, -0.05) is 6.92 Å². The number of nitrogens with zero attached hydrogens (tertiary/aromatic N) is 2. The molecule has 1 aromatic heterocycles. The van der Waals surface area contributed by atoms with Crippen LogP contribution in [0.3, 0.4) is 0 Å². The summed E-state index contributed by atoms with van der Waals surface area (Å²) in [5.41, 5.74) is 2.27. The molecule has 1 heterocycles. The van der Waals surface area contributed by atoms with Crippen molar-refractivity contribution in [2.75, 3.05) is 19.0 Å². The van der Waals surface area contributed by atoms with Gasteiger partial charge in [-0.15, -0.1) is 0 Å². The van der Waals surface area contributed by atoms with Crippen molar-refractivity contribution in [3.8, 4) is 0 Å². The Kier molecular flexibility index (Phi) is 4.25. The SMILES string of the molecule is CCN(C)S(=O)(=O)c1cc(Br)cnc1NN. The third kappa shape index (κ3) is 2.51. The van der Waals surface area contributed by atoms with Crippen LogP contribution < -0.4 is 11.3 Å². The molecular weight excluding hydrogens is 296 g/mol. The standard InChI is InChI=1S/C8H13BrN4O2S/c1-3-13(2)16(14,15)7-4-6(9)5-11-8(7)12-10/h4-5H,3,10H2,1-2H3,(H,11,12). The summed E-state index contributed by atoms with van der Waals surface area (Å²) in [6.45, 7) is 2.12. The smallest absolute Gasteiger partial charge is 0.246 e. The molecule has 0 aliphatic heterocycles. The Hall–Kier alpha value is -0.700. The number of rotatable bonds is 4. The highest BCUT2D eigenvalue weighted by molar-refractivity contribution is 9.10. The van der Waals surface area contributed by atoms with Gasteiger partial charge < -0.3 is 5.43 Å². The number of pyridine rings is 1. The zero-order chi connectivity index (χ0) is 12.3. The summed E-state index contributed by atoms with van der Waals surface area (Å²) >= 11 is 3.17. The lowest BCUT2D eigenvalue weighted by molar-refractivity contribution is 0.486. The van der Waals surface area contributed by atoms with Gasteiger partial charge in [0.1, 0.15) is 4.90 Å². The monoisotopic (exact) mass is 308 g/mol. The minimum atomic E-state index is -3.56. The number of nitrogen functional groups attached to an aromatic ring is 1. The summed E-state index contributed by atoms with van der Waals surface area (Å²) in [6, 6.07) is 1.46. The summed E-state index contributed by atoms with van der Waals surface area (Å²) in [5.74, 6) is 5.36. The molecule has 6 nitrogen and oxygen atoms in total. The topological polar surface area (TPSA) is 88.3 Å². The molecule has 0 atom stereocenters. The van der Waals surface area contributed by atoms with E-state index < -0.39 is 10.0 Å². The van der Waals surface area contributed by atoms with Crippen LogP contribution in [0.1, 0.15) is 6.92 Å². The van der Waals surface area contributed by atoms with Gasteiger partial charge in [-0.05, 0) is 22.0 Å². The maximum atomic E-state index is 12.1. The Labute approximate surface area is 103 Å². The molecule has 1 rings (SSSR count). The molecule has 0 saturated carbocycles. The summed E-state index contributed by atoms with van der Waals surface area (Å²) in [4.78, 5) is 3.94. The second kappa shape index (κ2) is 5.09. The van der Waals surface area contributed by atoms with Gasteiger partial charge in [0.2, 0.25) is 10.0 Å². The molecule has 0 bridgehead atoms. The van der Waals surface area contributed by atoms with E-state index in [0.717, 1.165) is 0 Å². The van der Waals surface area contributed by atoms with Gasteiger partial charge in [0.05, 0.1) is 0 Å². The van der Waals surface area contributed by atoms with Crippen LogP contribution in [0.15, 0.2) is 21.6 Å². The number of hydrogen-bond acceptors (Lipinski definition) is 5. The Morgan fingerprint density at radius 2 is 2.25 bits per heavy atom. The van der Waals surface area contributed by atoms with Crippen molar-refractivity contribution in [3.63, 3.8) is 0 Å². The highest BCUT2D eigenvalue weighted by Crippen LogP contribution is 2.24. The van der Waals surface area contributed by atoms with Crippen molar-refractivity contribution in [2.45, 2.75) is 11.8 Å². The van der Waals surface area contributed by atoms with Crippen LogP contribution in [-0.4, -0.2) is 31.3 Å². The quantitative estimate of drug-likeness (QED) is 0.633. The third-order valence-electron chi connectivity index (χ3n) is 2.09. The van der Waals surface area contributed by atoms with E-state index in [1.165, 1.54) is 23.6 Å². The molecule has 1 aromatic rings. The fraction of sp³-hybridized carbons (Fsp3) is 0.375. The average molecular weight is 309 g/mol. The molecule has 0 fully saturated rings. The zero-order valence-electron chi connectivity index (χ0n) is 8.94. The normalized spacial score (nSPS) is 11.8. The Morgan fingerprint density at radius 3 is 2.75 bits per heavy atom. The fourth-order valence-corrected chi connectivity index (χ4v) is 2.85. The van der Waals surface area contributed by atoms with E-state index in [-0.39, 0.29) is 10.7 Å². The van der Waals surface area contributed by atoms with Crippen LogP contribution in [0.2, 0.25) is 0 Å². The molecule has 3 N–H and O–H groups in total. The molecular formula is C8H13BrN4O2S. The van der Waals surface area contributed by atoms with Crippen molar-refractivity contribution in [1.82, 2.24) is 9.29 Å². The number of sulfonamides is 1. The van der Waals surface area contributed by atoms with E-state index in [2.05, 4.69) is 26.3 Å². The molecule has 0 unspecified atom stereocenters. The first kappa shape index (κ1) is 13.4. The van der Waals surface area contributed by atoms with Crippen LogP contribution >= 0.6 is 15.9 Å². The van der Waals surface area contributed by atoms with Gasteiger partial charge in [-0.25, -0.2) is 23.5 Å². The largest absolute Gasteiger partial charge is 0.307 e. The minimum Gasteiger partial charge on any atom is -0.307 e. The van der Waals surface area contributed by atoms with Crippen LogP contribution in [-0.2, 0) is 10.0 Å². The van der Waals surface area contributed by atoms with E-state index >= 15 is 0 Å². The van der Waals surface area contributed by atoms with Gasteiger partial charge in [-0.2, -0.15) is 0 Å². The molecule has 0 aliphatic rings. The molecule has 16 heavy (non-hydrogen) atoms. The molecule has 0 saturated heterocycles. The predicted octanol–water partition coefficient (Wildman–Crippen LogP) is 0.770. The second-order valence-electron chi connectivity index (χ2n) is 3.06. The lowest BCUT2D eigenvalue weighted by Crippen LogP contribution is -2.28. The van der Waals surface area contributed by atoms with Gasteiger partial charge in [-0.3, -0.25) is 0 Å². The van der Waals surface area contributed by atoms with Crippen LogP contribution in [0, 0.1) is 0 Å². The minimum absolute atomic E-state index is 0.0497. The molecule has 0 radical (unpaired) electrons. The summed E-state index contributed by atoms with van der Waals surface area (Å²) in [7, 11) is -2.06. The summed E-state index contributed by atoms with van der Waals surface area (Å²) in [5, 5.41) is 0. The Morgan fingerprint density at radius 1 is 1.62 bits per heavy atom. The van der Waals surface area contributed by atoms with Crippen molar-refractivity contribution < 1.29 is 8.42 Å². The highest BCUT2D eigenvalue weighted by Gasteiger charge is 2.23. The Bertz CT molecular complexity index is 477. The maximum Gasteiger partial charge on any atom is 0.246 e. The van der Waals surface area contributed by atoms with Crippen molar-refractivity contribution in [3.05, 3.63) is 16.7 Å². The summed E-state index contributed by atoms with van der Waals surface area (Å²) < 4.78 is 25.9. The molecule has 90 valence electrons. The number of aromatic nitrogens is 1. The lowest BCUT2D eigenvalue weighted by atomic mass is 10.5. The first-order valence-electron chi connectivity index (χ1n) is 4.52. The molecule has 0 aromatic carbocycles. The number of anilines is 1. The van der Waals surface area contributed by atoms with E-state index in [9.17, 15) is 8.42 Å². The number of hydrazine groups is 1. The van der Waals surface area contributed by atoms with Crippen LogP contribution in [0.5, 0.6) is 0 Å². The molecule has 0 spiro atoms. The van der Waals surface area contributed by atoms with E-state index in [4.69, 9.17) is 5.84 Å². The second-order valence-corrected chi connectivity index (χ2v) is 5.99. The number of nitrogens with one attached hydrogen (secondary N) is 1. The lowest BCUT2D eigenvalue weighted by Gasteiger charge is -2.16. The third-order valence-corrected chi connectivity index (χ3v) is 4.47. The van der Waals surface area contributed by atoms with Crippen molar-refractivity contribution in [2.24, 2.45) is 5.84 Å². The maximum absolute atomic E-state index is 12.1. The van der Waals surface area contributed by atoms with Crippen LogP contribution in [0.25, 0.3) is 0 Å². The van der Waals surface area contributed by atoms with Gasteiger partial charge in [0.15, 0.2) is 5.82 Å². The Balaban J connectivity index is 3.37. The van der Waals surface area contributed by atoms with Crippen molar-refractivity contribution in [1.29, 1.82) is 0 Å². The zero-order valence-corrected chi connectivity index (χ0v) is 11.3. The number of nitrogens with two attached hydrogens (primary N) is 1. The number of hydrogen-bond donors (Lipinski definition) is 2. The predicted molar refractivity (Wildman–Crippen MR) is 65.2 cm³/mol. The van der Waals surface area contributed by atoms with Crippen LogP contribution in [0.4, 0.5) is 5.82 Å². The first-order chi connectivity index (χ1) is 7.43. The average Bonchev–Trinajstić information content (AvgIpc) is 2.27. The van der Waals surface area contributed by atoms with E-state index in [1.54, 1.807) is 6.92 Å². The first-order valence-corrected chi connectivity index (χ1v) is 6.75. The fourth-order valence-electron chi connectivity index (χ4n) is 1.06. The van der Waals surface area contributed by atoms with Gasteiger partial charge >= 0.3 is 0 Å². The molecule has 0 aliphatic carbocycles.